The Hall–Kier alpha value is -3.06. The number of nitro groups is 1. The molecule has 23 heavy (non-hydrogen) atoms. The van der Waals surface area contributed by atoms with Crippen LogP contribution in [0.25, 0.3) is 10.4 Å². The van der Waals surface area contributed by atoms with Gasteiger partial charge in [-0.3, -0.25) is 20.2 Å². The van der Waals surface area contributed by atoms with Gasteiger partial charge in [-0.1, -0.05) is 47.7 Å². The normalized spacial score (nSPS) is 10.3. The number of hydrogen-bond donors (Lipinski definition) is 1. The van der Waals surface area contributed by atoms with E-state index in [2.05, 4.69) is 10.3 Å². The van der Waals surface area contributed by atoms with Crippen LogP contribution in [-0.4, -0.2) is 15.8 Å². The van der Waals surface area contributed by atoms with Crippen LogP contribution in [0.15, 0.2) is 60.8 Å². The first-order valence-electron chi connectivity index (χ1n) is 6.70. The first-order valence-corrected chi connectivity index (χ1v) is 7.52. The maximum Gasteiger partial charge on any atom is 0.270 e. The van der Waals surface area contributed by atoms with Crippen molar-refractivity contribution in [2.75, 3.05) is 5.32 Å². The van der Waals surface area contributed by atoms with Gasteiger partial charge >= 0.3 is 0 Å². The molecule has 7 heteroatoms. The van der Waals surface area contributed by atoms with Crippen molar-refractivity contribution in [1.29, 1.82) is 0 Å². The number of carbonyl (C=O) groups excluding carboxylic acids is 1. The van der Waals surface area contributed by atoms with Gasteiger partial charge in [0.05, 0.1) is 9.80 Å². The first kappa shape index (κ1) is 14.9. The lowest BCUT2D eigenvalue weighted by Gasteiger charge is -2.01. The number of aromatic nitrogens is 1. The van der Waals surface area contributed by atoms with E-state index in [0.717, 1.165) is 10.4 Å². The first-order chi connectivity index (χ1) is 11.1. The summed E-state index contributed by atoms with van der Waals surface area (Å²) in [5.41, 5.74) is 1.11. The molecule has 0 radical (unpaired) electrons. The molecule has 0 atom stereocenters. The molecular formula is C16H11N3O3S. The third-order valence-electron chi connectivity index (χ3n) is 3.10. The fourth-order valence-corrected chi connectivity index (χ4v) is 2.81. The molecule has 1 heterocycles. The average molecular weight is 325 g/mol. The molecule has 1 N–H and O–H groups in total. The summed E-state index contributed by atoms with van der Waals surface area (Å²) >= 11 is 1.34. The van der Waals surface area contributed by atoms with Crippen molar-refractivity contribution >= 4 is 28.1 Å². The number of nitrogens with zero attached hydrogens (tertiary/aromatic N) is 2. The summed E-state index contributed by atoms with van der Waals surface area (Å²) in [4.78, 5) is 27.5. The quantitative estimate of drug-likeness (QED) is 0.581. The van der Waals surface area contributed by atoms with E-state index in [9.17, 15) is 14.9 Å². The van der Waals surface area contributed by atoms with E-state index >= 15 is 0 Å². The number of anilines is 1. The van der Waals surface area contributed by atoms with Crippen LogP contribution >= 0.6 is 11.3 Å². The molecule has 0 fully saturated rings. The lowest BCUT2D eigenvalue weighted by atomic mass is 10.2. The van der Waals surface area contributed by atoms with Crippen molar-refractivity contribution < 1.29 is 9.72 Å². The van der Waals surface area contributed by atoms with Crippen molar-refractivity contribution in [3.63, 3.8) is 0 Å². The summed E-state index contributed by atoms with van der Waals surface area (Å²) in [6.07, 6.45) is 1.68. The molecule has 0 aliphatic rings. The van der Waals surface area contributed by atoms with E-state index in [0.29, 0.717) is 5.13 Å². The Morgan fingerprint density at radius 2 is 1.91 bits per heavy atom. The van der Waals surface area contributed by atoms with Gasteiger partial charge in [-0.2, -0.15) is 0 Å². The third kappa shape index (κ3) is 3.41. The van der Waals surface area contributed by atoms with E-state index in [1.54, 1.807) is 6.20 Å². The van der Waals surface area contributed by atoms with Crippen molar-refractivity contribution in [2.24, 2.45) is 0 Å². The minimum Gasteiger partial charge on any atom is -0.298 e. The van der Waals surface area contributed by atoms with Crippen molar-refractivity contribution in [3.05, 3.63) is 76.5 Å². The maximum atomic E-state index is 12.2. The van der Waals surface area contributed by atoms with Crippen LogP contribution in [0.1, 0.15) is 10.4 Å². The summed E-state index contributed by atoms with van der Waals surface area (Å²) in [6, 6.07) is 15.3. The zero-order valence-electron chi connectivity index (χ0n) is 11.8. The lowest BCUT2D eigenvalue weighted by Crippen LogP contribution is -2.11. The van der Waals surface area contributed by atoms with Gasteiger partial charge in [-0.15, -0.1) is 0 Å². The van der Waals surface area contributed by atoms with E-state index in [-0.39, 0.29) is 11.3 Å². The monoisotopic (exact) mass is 325 g/mol. The predicted molar refractivity (Wildman–Crippen MR) is 88.6 cm³/mol. The standard InChI is InChI=1S/C16H11N3O3S/c20-15(12-7-4-8-13(9-12)19(21)22)18-16-17-10-14(23-16)11-5-2-1-3-6-11/h1-10H,(H,17,18,20). The Morgan fingerprint density at radius 1 is 1.13 bits per heavy atom. The molecule has 1 aromatic heterocycles. The van der Waals surface area contributed by atoms with Crippen molar-refractivity contribution in [1.82, 2.24) is 4.98 Å². The van der Waals surface area contributed by atoms with Gasteiger partial charge in [0.2, 0.25) is 0 Å². The smallest absolute Gasteiger partial charge is 0.270 e. The largest absolute Gasteiger partial charge is 0.298 e. The second kappa shape index (κ2) is 6.37. The number of thiazole rings is 1. The number of nitrogens with one attached hydrogen (secondary N) is 1. The molecule has 6 nitrogen and oxygen atoms in total. The highest BCUT2D eigenvalue weighted by Gasteiger charge is 2.13. The third-order valence-corrected chi connectivity index (χ3v) is 4.07. The Morgan fingerprint density at radius 3 is 2.65 bits per heavy atom. The van der Waals surface area contributed by atoms with Gasteiger partial charge in [-0.05, 0) is 11.6 Å². The molecule has 3 aromatic rings. The molecule has 0 saturated heterocycles. The highest BCUT2D eigenvalue weighted by atomic mass is 32.1. The molecule has 3 rings (SSSR count). The van der Waals surface area contributed by atoms with E-state index < -0.39 is 10.8 Å². The Balaban J connectivity index is 1.77. The molecule has 0 saturated carbocycles. The number of hydrogen-bond acceptors (Lipinski definition) is 5. The van der Waals surface area contributed by atoms with Gasteiger partial charge < -0.3 is 0 Å². The van der Waals surface area contributed by atoms with Crippen molar-refractivity contribution in [3.8, 4) is 10.4 Å². The number of rotatable bonds is 4. The van der Waals surface area contributed by atoms with Gasteiger partial charge in [0.25, 0.3) is 11.6 Å². The van der Waals surface area contributed by atoms with Gasteiger partial charge in [0, 0.05) is 23.9 Å². The molecular weight excluding hydrogens is 314 g/mol. The number of amides is 1. The second-order valence-electron chi connectivity index (χ2n) is 4.66. The Bertz CT molecular complexity index is 862. The topological polar surface area (TPSA) is 85.1 Å². The fourth-order valence-electron chi connectivity index (χ4n) is 2.00. The summed E-state index contributed by atoms with van der Waals surface area (Å²) in [5.74, 6) is -0.428. The molecule has 0 unspecified atom stereocenters. The predicted octanol–water partition coefficient (Wildman–Crippen LogP) is 3.97. The van der Waals surface area contributed by atoms with Crippen molar-refractivity contribution in [2.45, 2.75) is 0 Å². The summed E-state index contributed by atoms with van der Waals surface area (Å²) in [5, 5.41) is 13.9. The molecule has 2 aromatic carbocycles. The van der Waals surface area contributed by atoms with Crippen LogP contribution in [0.2, 0.25) is 0 Å². The van der Waals surface area contributed by atoms with E-state index in [1.807, 2.05) is 30.3 Å². The lowest BCUT2D eigenvalue weighted by molar-refractivity contribution is -0.384. The molecule has 0 spiro atoms. The van der Waals surface area contributed by atoms with Gasteiger partial charge in [-0.25, -0.2) is 4.98 Å². The zero-order valence-corrected chi connectivity index (χ0v) is 12.6. The average Bonchev–Trinajstić information content (AvgIpc) is 3.04. The summed E-state index contributed by atoms with van der Waals surface area (Å²) < 4.78 is 0. The minimum atomic E-state index is -0.534. The van der Waals surface area contributed by atoms with Crippen LogP contribution in [0.4, 0.5) is 10.8 Å². The molecule has 114 valence electrons. The summed E-state index contributed by atoms with van der Waals surface area (Å²) in [6.45, 7) is 0. The highest BCUT2D eigenvalue weighted by molar-refractivity contribution is 7.19. The SMILES string of the molecule is O=C(Nc1ncc(-c2ccccc2)s1)c1cccc([N+](=O)[O-])c1. The molecule has 0 aliphatic heterocycles. The zero-order chi connectivity index (χ0) is 16.2. The molecule has 1 amide bonds. The second-order valence-corrected chi connectivity index (χ2v) is 5.69. The summed E-state index contributed by atoms with van der Waals surface area (Å²) in [7, 11) is 0. The van der Waals surface area contributed by atoms with E-state index in [1.165, 1.54) is 35.6 Å². The van der Waals surface area contributed by atoms with Crippen LogP contribution < -0.4 is 5.32 Å². The van der Waals surface area contributed by atoms with Crippen LogP contribution in [0.3, 0.4) is 0 Å². The number of carbonyl (C=O) groups is 1. The Kier molecular flexibility index (Phi) is 4.11. The number of benzene rings is 2. The van der Waals surface area contributed by atoms with Crippen LogP contribution in [-0.2, 0) is 0 Å². The van der Waals surface area contributed by atoms with Gasteiger partial charge in [0.1, 0.15) is 0 Å². The van der Waals surface area contributed by atoms with Crippen LogP contribution in [0.5, 0.6) is 0 Å². The number of nitro benzene ring substituents is 1. The molecule has 0 aliphatic carbocycles. The van der Waals surface area contributed by atoms with Gasteiger partial charge in [0.15, 0.2) is 5.13 Å². The fraction of sp³-hybridized carbons (Fsp3) is 0. The Labute approximate surface area is 135 Å². The maximum absolute atomic E-state index is 12.2. The molecule has 0 bridgehead atoms. The number of non-ortho nitro benzene ring substituents is 1. The highest BCUT2D eigenvalue weighted by Crippen LogP contribution is 2.29. The van der Waals surface area contributed by atoms with Crippen LogP contribution in [0, 0.1) is 10.1 Å². The minimum absolute atomic E-state index is 0.123. The van der Waals surface area contributed by atoms with E-state index in [4.69, 9.17) is 0 Å².